The molecule has 2 nitrogen and oxygen atoms in total. The lowest BCUT2D eigenvalue weighted by Gasteiger charge is -2.11. The molecule has 3 aromatic rings. The van der Waals surface area contributed by atoms with Crippen molar-refractivity contribution in [1.82, 2.24) is 0 Å². The van der Waals surface area contributed by atoms with Gasteiger partial charge in [-0.1, -0.05) is 43.0 Å². The van der Waals surface area contributed by atoms with Crippen LogP contribution in [0.1, 0.15) is 18.1 Å². The topological polar surface area (TPSA) is 18.5 Å². The highest BCUT2D eigenvalue weighted by atomic mass is 16.5. The third kappa shape index (κ3) is 2.83. The summed E-state index contributed by atoms with van der Waals surface area (Å²) in [7, 11) is 0. The Morgan fingerprint density at radius 3 is 2.05 bits per heavy atom. The van der Waals surface area contributed by atoms with Crippen LogP contribution in [0.5, 0.6) is 0 Å². The predicted octanol–water partition coefficient (Wildman–Crippen LogP) is 5.19. The second-order valence-electron chi connectivity index (χ2n) is 5.24. The number of ether oxygens (including phenoxy) is 2. The number of benzene rings is 3. The zero-order valence-electron chi connectivity index (χ0n) is 12.8. The van der Waals surface area contributed by atoms with Crippen molar-refractivity contribution in [2.45, 2.75) is 20.1 Å². The lowest BCUT2D eigenvalue weighted by atomic mass is 9.97. The molecule has 0 aliphatic rings. The molecule has 3 rings (SSSR count). The third-order valence-corrected chi connectivity index (χ3v) is 3.88. The van der Waals surface area contributed by atoms with Crippen LogP contribution in [0.3, 0.4) is 0 Å². The summed E-state index contributed by atoms with van der Waals surface area (Å²) in [6.45, 7) is 7.56. The summed E-state index contributed by atoms with van der Waals surface area (Å²) in [5.41, 5.74) is 2.41. The van der Waals surface area contributed by atoms with Crippen molar-refractivity contribution in [3.05, 3.63) is 72.5 Å². The molecule has 0 aliphatic heterocycles. The lowest BCUT2D eigenvalue weighted by molar-refractivity contribution is 0.135. The molecule has 22 heavy (non-hydrogen) atoms. The normalized spacial score (nSPS) is 11.0. The molecule has 0 heterocycles. The average Bonchev–Trinajstić information content (AvgIpc) is 2.56. The Bertz CT molecular complexity index is 805. The van der Waals surface area contributed by atoms with Gasteiger partial charge in [-0.3, -0.25) is 0 Å². The fourth-order valence-corrected chi connectivity index (χ4v) is 2.79. The van der Waals surface area contributed by atoms with Gasteiger partial charge in [0.2, 0.25) is 0 Å². The van der Waals surface area contributed by atoms with E-state index in [1.807, 2.05) is 6.92 Å². The molecule has 0 saturated heterocycles. The zero-order chi connectivity index (χ0) is 15.4. The van der Waals surface area contributed by atoms with Gasteiger partial charge in [0.15, 0.2) is 0 Å². The van der Waals surface area contributed by atoms with E-state index in [2.05, 4.69) is 55.1 Å². The maximum atomic E-state index is 5.59. The van der Waals surface area contributed by atoms with Crippen LogP contribution >= 0.6 is 0 Å². The summed E-state index contributed by atoms with van der Waals surface area (Å²) in [4.78, 5) is 0. The summed E-state index contributed by atoms with van der Waals surface area (Å²) < 4.78 is 10.9. The minimum absolute atomic E-state index is 0.547. The molecule has 0 N–H and O–H groups in total. The minimum atomic E-state index is 0.547. The van der Waals surface area contributed by atoms with E-state index in [4.69, 9.17) is 9.47 Å². The number of fused-ring (bicyclic) bond motifs is 2. The molecule has 0 spiro atoms. The van der Waals surface area contributed by atoms with Crippen molar-refractivity contribution in [2.75, 3.05) is 6.61 Å². The molecular weight excluding hydrogens is 272 g/mol. The Hall–Kier alpha value is -2.32. The zero-order valence-corrected chi connectivity index (χ0v) is 12.8. The van der Waals surface area contributed by atoms with Gasteiger partial charge in [0.25, 0.3) is 0 Å². The van der Waals surface area contributed by atoms with Crippen molar-refractivity contribution in [2.24, 2.45) is 0 Å². The second-order valence-corrected chi connectivity index (χ2v) is 5.24. The van der Waals surface area contributed by atoms with Crippen LogP contribution < -0.4 is 0 Å². The van der Waals surface area contributed by atoms with E-state index >= 15 is 0 Å². The van der Waals surface area contributed by atoms with E-state index in [9.17, 15) is 0 Å². The van der Waals surface area contributed by atoms with Gasteiger partial charge >= 0.3 is 0 Å². The Balaban J connectivity index is 2.15. The van der Waals surface area contributed by atoms with Gasteiger partial charge in [0.05, 0.1) is 12.9 Å². The Kier molecular flexibility index (Phi) is 4.40. The highest BCUT2D eigenvalue weighted by Gasteiger charge is 2.06. The second kappa shape index (κ2) is 6.63. The Morgan fingerprint density at radius 1 is 0.909 bits per heavy atom. The minimum Gasteiger partial charge on any atom is -0.497 e. The van der Waals surface area contributed by atoms with Crippen LogP contribution in [0.15, 0.2) is 61.4 Å². The first-order chi connectivity index (χ1) is 10.8. The van der Waals surface area contributed by atoms with Crippen molar-refractivity contribution in [1.29, 1.82) is 0 Å². The Labute approximate surface area is 131 Å². The van der Waals surface area contributed by atoms with Gasteiger partial charge in [-0.05, 0) is 51.7 Å². The van der Waals surface area contributed by atoms with E-state index in [-0.39, 0.29) is 0 Å². The molecule has 3 aromatic carbocycles. The van der Waals surface area contributed by atoms with Crippen molar-refractivity contribution < 1.29 is 9.47 Å². The first-order valence-electron chi connectivity index (χ1n) is 7.57. The van der Waals surface area contributed by atoms with Crippen LogP contribution in [0.4, 0.5) is 0 Å². The van der Waals surface area contributed by atoms with E-state index in [1.54, 1.807) is 0 Å². The average molecular weight is 292 g/mol. The summed E-state index contributed by atoms with van der Waals surface area (Å²) in [6, 6.07) is 17.2. The molecule has 0 bridgehead atoms. The van der Waals surface area contributed by atoms with Gasteiger partial charge in [-0.2, -0.15) is 0 Å². The number of hydrogen-bond donors (Lipinski definition) is 0. The molecular formula is C20H20O2. The maximum Gasteiger partial charge on any atom is 0.113 e. The third-order valence-electron chi connectivity index (χ3n) is 3.88. The quantitative estimate of drug-likeness (QED) is 0.460. The number of hydrogen-bond acceptors (Lipinski definition) is 2. The molecule has 0 saturated carbocycles. The van der Waals surface area contributed by atoms with E-state index in [0.717, 1.165) is 6.61 Å². The predicted molar refractivity (Wildman–Crippen MR) is 91.8 cm³/mol. The summed E-state index contributed by atoms with van der Waals surface area (Å²) in [5, 5.41) is 4.94. The van der Waals surface area contributed by atoms with Gasteiger partial charge < -0.3 is 9.47 Å². The molecule has 0 atom stereocenters. The van der Waals surface area contributed by atoms with Crippen LogP contribution in [0.25, 0.3) is 21.5 Å². The highest BCUT2D eigenvalue weighted by molar-refractivity contribution is 6.00. The molecule has 0 unspecified atom stereocenters. The van der Waals surface area contributed by atoms with Gasteiger partial charge in [-0.15, -0.1) is 0 Å². The highest BCUT2D eigenvalue weighted by Crippen LogP contribution is 2.28. The molecule has 0 amide bonds. The van der Waals surface area contributed by atoms with Crippen molar-refractivity contribution in [3.63, 3.8) is 0 Å². The van der Waals surface area contributed by atoms with Gasteiger partial charge in [0, 0.05) is 6.61 Å². The van der Waals surface area contributed by atoms with Crippen molar-refractivity contribution >= 4 is 21.5 Å². The van der Waals surface area contributed by atoms with Crippen LogP contribution in [-0.4, -0.2) is 6.61 Å². The van der Waals surface area contributed by atoms with E-state index in [1.165, 1.54) is 38.9 Å². The maximum absolute atomic E-state index is 5.59. The fourth-order valence-electron chi connectivity index (χ4n) is 2.79. The summed E-state index contributed by atoms with van der Waals surface area (Å²) in [5.74, 6) is 0. The molecule has 0 aliphatic carbocycles. The van der Waals surface area contributed by atoms with Crippen LogP contribution in [0.2, 0.25) is 0 Å². The van der Waals surface area contributed by atoms with Crippen molar-refractivity contribution in [3.8, 4) is 0 Å². The first-order valence-corrected chi connectivity index (χ1v) is 7.57. The van der Waals surface area contributed by atoms with E-state index in [0.29, 0.717) is 13.2 Å². The van der Waals surface area contributed by atoms with E-state index < -0.39 is 0 Å². The molecule has 0 radical (unpaired) electrons. The summed E-state index contributed by atoms with van der Waals surface area (Å²) in [6.07, 6.45) is 1.49. The first kappa shape index (κ1) is 14.6. The fraction of sp³-hybridized carbons (Fsp3) is 0.200. The van der Waals surface area contributed by atoms with Gasteiger partial charge in [-0.25, -0.2) is 0 Å². The molecule has 0 fully saturated rings. The molecule has 0 aromatic heterocycles. The summed E-state index contributed by atoms with van der Waals surface area (Å²) >= 11 is 0. The standard InChI is InChI=1S/C20H20O2/c1-3-21-13-17-9-5-7-15-12-20-16(11-19(15)17)8-6-10-18(20)14-22-4-2/h3,5-12H,1,4,13-14H2,2H3. The Morgan fingerprint density at radius 2 is 1.50 bits per heavy atom. The number of rotatable bonds is 6. The molecule has 2 heteroatoms. The smallest absolute Gasteiger partial charge is 0.113 e. The largest absolute Gasteiger partial charge is 0.497 e. The van der Waals surface area contributed by atoms with Crippen LogP contribution in [0, 0.1) is 0 Å². The SMILES string of the molecule is C=COCc1cccc2cc3c(COCC)cccc3cc12. The van der Waals surface area contributed by atoms with Crippen LogP contribution in [-0.2, 0) is 22.7 Å². The molecule has 112 valence electrons. The monoisotopic (exact) mass is 292 g/mol. The van der Waals surface area contributed by atoms with Gasteiger partial charge in [0.1, 0.15) is 6.61 Å². The lowest BCUT2D eigenvalue weighted by Crippen LogP contribution is -1.94.